The molecule has 2 aromatic heterocycles. The minimum Gasteiger partial charge on any atom is -0.309 e. The van der Waals surface area contributed by atoms with Crippen molar-refractivity contribution in [3.05, 3.63) is 324 Å². The van der Waals surface area contributed by atoms with Gasteiger partial charge in [-0.15, -0.1) is 0 Å². The molecule has 2 heteroatoms. The Bertz CT molecular complexity index is 4870. The van der Waals surface area contributed by atoms with Crippen LogP contribution in [0, 0.1) is 0 Å². The third kappa shape index (κ3) is 7.78. The van der Waals surface area contributed by atoms with E-state index in [1.54, 1.807) is 0 Å². The zero-order chi connectivity index (χ0) is 54.6. The molecular formula is C81H54N2. The van der Waals surface area contributed by atoms with Gasteiger partial charge in [0.05, 0.1) is 22.1 Å². The van der Waals surface area contributed by atoms with E-state index in [9.17, 15) is 0 Å². The molecule has 17 rings (SSSR count). The molecule has 2 heterocycles. The van der Waals surface area contributed by atoms with E-state index in [2.05, 4.69) is 312 Å². The van der Waals surface area contributed by atoms with Crippen LogP contribution in [0.2, 0.25) is 0 Å². The molecule has 0 N–H and O–H groups in total. The van der Waals surface area contributed by atoms with E-state index in [4.69, 9.17) is 0 Å². The lowest BCUT2D eigenvalue weighted by Crippen LogP contribution is -2.26. The number of rotatable bonds is 8. The Hall–Kier alpha value is -10.5. The SMILES string of the molecule is C(=C\c1ccc2c(c1)c1ccccc1n2-c1ccc2ccccc2c1)/c1ccc(-c2ccc3c(c2)C2(Cc4ccccc4C2)c2cc(-c4ccc(/C=C/c5ccc6c(c5)c5ccccc5n6-c5ccc6ccccc6c5)cc4)ccc2-3)cc1. The second kappa shape index (κ2) is 18.8. The summed E-state index contributed by atoms with van der Waals surface area (Å²) in [5.41, 5.74) is 25.3. The van der Waals surface area contributed by atoms with Crippen LogP contribution in [0.4, 0.5) is 0 Å². The van der Waals surface area contributed by atoms with Gasteiger partial charge in [-0.2, -0.15) is 0 Å². The Balaban J connectivity index is 0.642. The molecule has 0 atom stereocenters. The highest BCUT2D eigenvalue weighted by atomic mass is 15.0. The quantitative estimate of drug-likeness (QED) is 0.134. The lowest BCUT2D eigenvalue weighted by Gasteiger charge is -2.27. The number of aromatic nitrogens is 2. The Kier molecular flexibility index (Phi) is 10.7. The predicted molar refractivity (Wildman–Crippen MR) is 352 cm³/mol. The second-order valence-electron chi connectivity index (χ2n) is 23.0. The monoisotopic (exact) mass is 1050 g/mol. The number of hydrogen-bond acceptors (Lipinski definition) is 0. The van der Waals surface area contributed by atoms with Gasteiger partial charge in [-0.1, -0.05) is 231 Å². The van der Waals surface area contributed by atoms with E-state index >= 15 is 0 Å². The van der Waals surface area contributed by atoms with E-state index in [1.165, 1.54) is 154 Å². The number of benzene rings is 13. The standard InChI is InChI=1S/C81H54N2/c1-3-13-61-47-67(39-35-57(61)11-1)82-77-19-9-7-17-71(77)73-45-55(29-43-79(73)82)23-21-53-25-31-59(32-26-53)63-37-41-69-70-42-38-64(50-76(70)81(75(69)49-63)51-65-15-5-6-16-66(65)52-81)60-33-27-54(28-34-60)22-24-56-30-44-80-74(46-56)72-18-8-10-20-78(72)83(80)68-40-36-58-12-2-4-14-62(58)48-68/h1-50H,51-52H2/b23-21+,24-22+. The molecule has 13 aromatic carbocycles. The van der Waals surface area contributed by atoms with Crippen LogP contribution in [-0.2, 0) is 18.3 Å². The van der Waals surface area contributed by atoms with Crippen molar-refractivity contribution in [2.24, 2.45) is 0 Å². The molecule has 2 nitrogen and oxygen atoms in total. The molecular weight excluding hydrogens is 1000 g/mol. The van der Waals surface area contributed by atoms with Gasteiger partial charge in [-0.25, -0.2) is 0 Å². The van der Waals surface area contributed by atoms with E-state index < -0.39 is 0 Å². The molecule has 0 aliphatic heterocycles. The van der Waals surface area contributed by atoms with Crippen molar-refractivity contribution in [1.82, 2.24) is 9.13 Å². The average molecular weight is 1060 g/mol. The molecule has 388 valence electrons. The Morgan fingerprint density at radius 3 is 1.11 bits per heavy atom. The van der Waals surface area contributed by atoms with Crippen molar-refractivity contribution < 1.29 is 0 Å². The largest absolute Gasteiger partial charge is 0.309 e. The number of hydrogen-bond donors (Lipinski definition) is 0. The molecule has 0 fully saturated rings. The summed E-state index contributed by atoms with van der Waals surface area (Å²) in [5, 5.41) is 10.0. The van der Waals surface area contributed by atoms with Crippen molar-refractivity contribution in [3.63, 3.8) is 0 Å². The highest BCUT2D eigenvalue weighted by Crippen LogP contribution is 2.57. The number of fused-ring (bicyclic) bond motifs is 14. The minimum absolute atomic E-state index is 0.141. The van der Waals surface area contributed by atoms with Crippen LogP contribution in [0.5, 0.6) is 0 Å². The maximum Gasteiger partial charge on any atom is 0.0541 e. The van der Waals surface area contributed by atoms with Crippen molar-refractivity contribution >= 4 is 89.5 Å². The summed E-state index contributed by atoms with van der Waals surface area (Å²) < 4.78 is 4.81. The van der Waals surface area contributed by atoms with E-state index in [1.807, 2.05) is 0 Å². The van der Waals surface area contributed by atoms with Gasteiger partial charge >= 0.3 is 0 Å². The van der Waals surface area contributed by atoms with Crippen molar-refractivity contribution in [2.75, 3.05) is 0 Å². The molecule has 15 aromatic rings. The van der Waals surface area contributed by atoms with Crippen LogP contribution in [0.15, 0.2) is 279 Å². The van der Waals surface area contributed by atoms with Crippen molar-refractivity contribution in [2.45, 2.75) is 18.3 Å². The molecule has 1 spiro atoms. The Morgan fingerprint density at radius 2 is 0.639 bits per heavy atom. The minimum atomic E-state index is -0.141. The molecule has 0 radical (unpaired) electrons. The third-order valence-corrected chi connectivity index (χ3v) is 18.3. The predicted octanol–water partition coefficient (Wildman–Crippen LogP) is 20.9. The molecule has 2 aliphatic carbocycles. The molecule has 0 unspecified atom stereocenters. The fourth-order valence-corrected chi connectivity index (χ4v) is 14.2. The van der Waals surface area contributed by atoms with Crippen LogP contribution >= 0.6 is 0 Å². The zero-order valence-corrected chi connectivity index (χ0v) is 45.7. The smallest absolute Gasteiger partial charge is 0.0541 e. The summed E-state index contributed by atoms with van der Waals surface area (Å²) in [7, 11) is 0. The van der Waals surface area contributed by atoms with E-state index in [0.717, 1.165) is 12.8 Å². The maximum atomic E-state index is 2.51. The first-order valence-corrected chi connectivity index (χ1v) is 29.0. The van der Waals surface area contributed by atoms with Gasteiger partial charge in [0.1, 0.15) is 0 Å². The molecule has 0 saturated heterocycles. The van der Waals surface area contributed by atoms with Gasteiger partial charge in [-0.05, 0) is 185 Å². The van der Waals surface area contributed by atoms with Gasteiger partial charge in [0.2, 0.25) is 0 Å². The summed E-state index contributed by atoms with van der Waals surface area (Å²) in [6, 6.07) is 104. The molecule has 83 heavy (non-hydrogen) atoms. The normalized spacial score (nSPS) is 13.4. The summed E-state index contributed by atoms with van der Waals surface area (Å²) in [5.74, 6) is 0. The second-order valence-corrected chi connectivity index (χ2v) is 23.0. The first-order valence-electron chi connectivity index (χ1n) is 29.0. The first kappa shape index (κ1) is 47.3. The highest BCUT2D eigenvalue weighted by molar-refractivity contribution is 6.11. The molecule has 2 aliphatic rings. The van der Waals surface area contributed by atoms with Crippen LogP contribution < -0.4 is 0 Å². The highest BCUT2D eigenvalue weighted by Gasteiger charge is 2.47. The summed E-state index contributed by atoms with van der Waals surface area (Å²) >= 11 is 0. The Morgan fingerprint density at radius 1 is 0.265 bits per heavy atom. The van der Waals surface area contributed by atoms with Crippen molar-refractivity contribution in [3.8, 4) is 44.8 Å². The number of para-hydroxylation sites is 2. The molecule has 0 bridgehead atoms. The van der Waals surface area contributed by atoms with E-state index in [0.29, 0.717) is 0 Å². The van der Waals surface area contributed by atoms with Crippen LogP contribution in [0.25, 0.3) is 134 Å². The first-order chi connectivity index (χ1) is 41.0. The van der Waals surface area contributed by atoms with Gasteiger partial charge in [0.15, 0.2) is 0 Å². The third-order valence-electron chi connectivity index (χ3n) is 18.3. The zero-order valence-electron chi connectivity index (χ0n) is 45.7. The van der Waals surface area contributed by atoms with Crippen LogP contribution in [0.3, 0.4) is 0 Å². The lowest BCUT2D eigenvalue weighted by molar-refractivity contribution is 0.564. The number of nitrogens with zero attached hydrogens (tertiary/aromatic N) is 2. The fraction of sp³-hybridized carbons (Fsp3) is 0.0370. The topological polar surface area (TPSA) is 9.86 Å². The van der Waals surface area contributed by atoms with Gasteiger partial charge < -0.3 is 9.13 Å². The maximum absolute atomic E-state index is 2.51. The lowest BCUT2D eigenvalue weighted by atomic mass is 9.74. The van der Waals surface area contributed by atoms with Gasteiger partial charge in [-0.3, -0.25) is 0 Å². The van der Waals surface area contributed by atoms with Gasteiger partial charge in [0.25, 0.3) is 0 Å². The van der Waals surface area contributed by atoms with Crippen LogP contribution in [-0.4, -0.2) is 9.13 Å². The van der Waals surface area contributed by atoms with Crippen LogP contribution in [0.1, 0.15) is 44.5 Å². The summed E-state index contributed by atoms with van der Waals surface area (Å²) in [6.07, 6.45) is 11.0. The summed E-state index contributed by atoms with van der Waals surface area (Å²) in [6.45, 7) is 0. The molecule has 0 saturated carbocycles. The fourth-order valence-electron chi connectivity index (χ4n) is 14.2. The summed E-state index contributed by atoms with van der Waals surface area (Å²) in [4.78, 5) is 0. The van der Waals surface area contributed by atoms with E-state index in [-0.39, 0.29) is 5.41 Å². The van der Waals surface area contributed by atoms with Gasteiger partial charge in [0, 0.05) is 38.3 Å². The average Bonchev–Trinajstić information content (AvgIpc) is 3.62. The Labute approximate surface area is 482 Å². The molecule has 0 amide bonds. The van der Waals surface area contributed by atoms with Crippen molar-refractivity contribution in [1.29, 1.82) is 0 Å².